The first-order chi connectivity index (χ1) is 8.33. The Balaban J connectivity index is 2.15. The van der Waals surface area contributed by atoms with Crippen LogP contribution in [0.4, 0.5) is 0 Å². The minimum Gasteiger partial charge on any atom is -0.391 e. The number of likely N-dealkylation sites (tertiary alicyclic amines) is 1. The van der Waals surface area contributed by atoms with Crippen LogP contribution in [0.1, 0.15) is 64.7 Å². The molecule has 1 heterocycles. The van der Waals surface area contributed by atoms with E-state index in [0.717, 1.165) is 6.54 Å². The summed E-state index contributed by atoms with van der Waals surface area (Å²) in [6.07, 6.45) is 12.5. The predicted molar refractivity (Wildman–Crippen MR) is 74.0 cm³/mol. The smallest absolute Gasteiger partial charge is 0.102 e. The Kier molecular flexibility index (Phi) is 7.87. The Morgan fingerprint density at radius 1 is 0.824 bits per heavy atom. The van der Waals surface area contributed by atoms with Crippen molar-refractivity contribution in [3.63, 3.8) is 0 Å². The van der Waals surface area contributed by atoms with E-state index in [9.17, 15) is 5.11 Å². The van der Waals surface area contributed by atoms with E-state index in [1.165, 1.54) is 81.9 Å². The molecule has 0 aromatic rings. The molecule has 1 saturated heterocycles. The van der Waals surface area contributed by atoms with Gasteiger partial charge >= 0.3 is 0 Å². The van der Waals surface area contributed by atoms with Crippen molar-refractivity contribution in [2.75, 3.05) is 32.8 Å². The normalized spacial score (nSPS) is 19.4. The van der Waals surface area contributed by atoms with Gasteiger partial charge in [-0.15, -0.1) is 0 Å². The fourth-order valence-electron chi connectivity index (χ4n) is 3.18. The third kappa shape index (κ3) is 5.87. The molecule has 1 aliphatic heterocycles. The van der Waals surface area contributed by atoms with Crippen molar-refractivity contribution >= 4 is 0 Å². The number of nitrogens with zero attached hydrogens (tertiary/aromatic N) is 1. The van der Waals surface area contributed by atoms with Crippen LogP contribution in [-0.2, 0) is 0 Å². The number of aliphatic hydroxyl groups excluding tert-OH is 1. The Hall–Kier alpha value is -0.0800. The van der Waals surface area contributed by atoms with E-state index >= 15 is 0 Å². The molecular weight excluding hydrogens is 210 g/mol. The molecule has 0 unspecified atom stereocenters. The summed E-state index contributed by atoms with van der Waals surface area (Å²) in [5, 5.41) is 9.24. The molecular formula is C15H32NO+. The topological polar surface area (TPSA) is 20.2 Å². The summed E-state index contributed by atoms with van der Waals surface area (Å²) in [4.78, 5) is 0. The summed E-state index contributed by atoms with van der Waals surface area (Å²) in [7, 11) is 0. The zero-order valence-corrected chi connectivity index (χ0v) is 11.8. The quantitative estimate of drug-likeness (QED) is 0.486. The molecule has 2 heteroatoms. The van der Waals surface area contributed by atoms with Gasteiger partial charge in [-0.1, -0.05) is 32.6 Å². The highest BCUT2D eigenvalue weighted by atomic mass is 16.3. The van der Waals surface area contributed by atoms with Gasteiger partial charge in [-0.3, -0.25) is 0 Å². The molecule has 0 bridgehead atoms. The van der Waals surface area contributed by atoms with Crippen molar-refractivity contribution in [2.45, 2.75) is 64.7 Å². The number of piperidine rings is 1. The van der Waals surface area contributed by atoms with Crippen molar-refractivity contribution in [3.8, 4) is 0 Å². The summed E-state index contributed by atoms with van der Waals surface area (Å²) in [6.45, 7) is 7.58. The van der Waals surface area contributed by atoms with E-state index in [1.807, 2.05) is 0 Å². The van der Waals surface area contributed by atoms with Gasteiger partial charge in [0, 0.05) is 0 Å². The number of hydrogen-bond acceptors (Lipinski definition) is 1. The zero-order valence-electron chi connectivity index (χ0n) is 11.8. The summed E-state index contributed by atoms with van der Waals surface area (Å²) in [5.41, 5.74) is 0. The van der Waals surface area contributed by atoms with Gasteiger partial charge in [0.2, 0.25) is 0 Å². The van der Waals surface area contributed by atoms with Crippen LogP contribution in [0.15, 0.2) is 0 Å². The highest BCUT2D eigenvalue weighted by Crippen LogP contribution is 2.20. The highest BCUT2D eigenvalue weighted by molar-refractivity contribution is 4.55. The second-order valence-corrected chi connectivity index (χ2v) is 5.79. The largest absolute Gasteiger partial charge is 0.391 e. The van der Waals surface area contributed by atoms with Crippen molar-refractivity contribution in [3.05, 3.63) is 0 Å². The Labute approximate surface area is 108 Å². The highest BCUT2D eigenvalue weighted by Gasteiger charge is 2.28. The van der Waals surface area contributed by atoms with Gasteiger partial charge in [-0.05, 0) is 32.1 Å². The minimum absolute atomic E-state index is 0.371. The van der Waals surface area contributed by atoms with Gasteiger partial charge in [0.25, 0.3) is 0 Å². The maximum absolute atomic E-state index is 9.24. The van der Waals surface area contributed by atoms with Crippen molar-refractivity contribution in [1.82, 2.24) is 0 Å². The Morgan fingerprint density at radius 3 is 2.12 bits per heavy atom. The maximum Gasteiger partial charge on any atom is 0.102 e. The van der Waals surface area contributed by atoms with Gasteiger partial charge in [-0.2, -0.15) is 0 Å². The molecule has 17 heavy (non-hydrogen) atoms. The second kappa shape index (κ2) is 8.93. The first kappa shape index (κ1) is 15.0. The van der Waals surface area contributed by atoms with E-state index in [-0.39, 0.29) is 0 Å². The van der Waals surface area contributed by atoms with Crippen LogP contribution in [0, 0.1) is 0 Å². The van der Waals surface area contributed by atoms with Crippen molar-refractivity contribution in [2.24, 2.45) is 0 Å². The molecule has 0 saturated carbocycles. The lowest BCUT2D eigenvalue weighted by Gasteiger charge is -2.41. The van der Waals surface area contributed by atoms with Crippen LogP contribution in [0.5, 0.6) is 0 Å². The number of unbranched alkanes of at least 4 members (excludes halogenated alkanes) is 5. The second-order valence-electron chi connectivity index (χ2n) is 5.79. The lowest BCUT2D eigenvalue weighted by Crippen LogP contribution is -2.53. The molecule has 1 rings (SSSR count). The number of rotatable bonds is 9. The van der Waals surface area contributed by atoms with Crippen LogP contribution >= 0.6 is 0 Å². The molecule has 102 valence electrons. The van der Waals surface area contributed by atoms with Crippen LogP contribution in [0.25, 0.3) is 0 Å². The number of aliphatic hydroxyl groups is 1. The minimum atomic E-state index is 0.371. The van der Waals surface area contributed by atoms with E-state index in [0.29, 0.717) is 6.61 Å². The first-order valence-corrected chi connectivity index (χ1v) is 7.79. The molecule has 0 radical (unpaired) electrons. The molecule has 0 aromatic carbocycles. The van der Waals surface area contributed by atoms with Crippen LogP contribution in [-0.4, -0.2) is 42.4 Å². The monoisotopic (exact) mass is 242 g/mol. The summed E-state index contributed by atoms with van der Waals surface area (Å²) < 4.78 is 1.21. The Bertz CT molecular complexity index is 170. The van der Waals surface area contributed by atoms with Gasteiger partial charge in [0.15, 0.2) is 0 Å². The maximum atomic E-state index is 9.24. The first-order valence-electron chi connectivity index (χ1n) is 7.79. The molecule has 0 aromatic heterocycles. The lowest BCUT2D eigenvalue weighted by molar-refractivity contribution is -0.932. The molecule has 0 atom stereocenters. The third-order valence-corrected chi connectivity index (χ3v) is 4.33. The average Bonchev–Trinajstić information content (AvgIpc) is 2.35. The molecule has 0 aliphatic carbocycles. The molecule has 1 aliphatic rings. The third-order valence-electron chi connectivity index (χ3n) is 4.33. The van der Waals surface area contributed by atoms with E-state index in [2.05, 4.69) is 6.92 Å². The van der Waals surface area contributed by atoms with E-state index in [1.54, 1.807) is 0 Å². The van der Waals surface area contributed by atoms with Gasteiger partial charge < -0.3 is 9.59 Å². The molecule has 0 spiro atoms. The van der Waals surface area contributed by atoms with E-state index < -0.39 is 0 Å². The van der Waals surface area contributed by atoms with Gasteiger partial charge in [0.05, 0.1) is 26.2 Å². The predicted octanol–water partition coefficient (Wildman–Crippen LogP) is 3.34. The van der Waals surface area contributed by atoms with Gasteiger partial charge in [0.1, 0.15) is 6.54 Å². The molecule has 1 fully saturated rings. The molecule has 0 amide bonds. The van der Waals surface area contributed by atoms with Gasteiger partial charge in [-0.25, -0.2) is 0 Å². The standard InChI is InChI=1S/C15H32NO/c1-2-3-4-5-6-8-11-16(14-15-17)12-9-7-10-13-16/h17H,2-15H2,1H3/q+1. The Morgan fingerprint density at radius 2 is 1.47 bits per heavy atom. The van der Waals surface area contributed by atoms with Crippen molar-refractivity contribution in [1.29, 1.82) is 0 Å². The fraction of sp³-hybridized carbons (Fsp3) is 1.00. The zero-order chi connectivity index (χ0) is 12.4. The summed E-state index contributed by atoms with van der Waals surface area (Å²) in [6, 6.07) is 0. The number of hydrogen-bond donors (Lipinski definition) is 1. The van der Waals surface area contributed by atoms with E-state index in [4.69, 9.17) is 0 Å². The lowest BCUT2D eigenvalue weighted by atomic mass is 10.1. The number of quaternary nitrogens is 1. The molecule has 2 nitrogen and oxygen atoms in total. The van der Waals surface area contributed by atoms with Crippen LogP contribution in [0.3, 0.4) is 0 Å². The summed E-state index contributed by atoms with van der Waals surface area (Å²) >= 11 is 0. The van der Waals surface area contributed by atoms with Crippen LogP contribution in [0.2, 0.25) is 0 Å². The SMILES string of the molecule is CCCCCCCC[N+]1(CCO)CCCCC1. The van der Waals surface area contributed by atoms with Crippen molar-refractivity contribution < 1.29 is 9.59 Å². The summed E-state index contributed by atoms with van der Waals surface area (Å²) in [5.74, 6) is 0. The molecule has 1 N–H and O–H groups in total. The van der Waals surface area contributed by atoms with Crippen LogP contribution < -0.4 is 0 Å². The fourth-order valence-corrected chi connectivity index (χ4v) is 3.18. The average molecular weight is 242 g/mol.